The molecule has 1 aliphatic rings. The molecular formula is C13H19NO. The second-order valence-corrected chi connectivity index (χ2v) is 5.16. The van der Waals surface area contributed by atoms with Gasteiger partial charge in [0.2, 0.25) is 0 Å². The summed E-state index contributed by atoms with van der Waals surface area (Å²) in [5.74, 6) is 0.766. The van der Waals surface area contributed by atoms with Crippen molar-refractivity contribution in [2.75, 3.05) is 0 Å². The molecule has 1 fully saturated rings. The molecule has 0 heterocycles. The second-order valence-electron chi connectivity index (χ2n) is 5.16. The molecule has 0 bridgehead atoms. The SMILES string of the molecule is CC(C)(N)C(O)c1ccc(C2CC2)cc1. The maximum absolute atomic E-state index is 9.98. The van der Waals surface area contributed by atoms with Crippen molar-refractivity contribution in [2.45, 2.75) is 44.2 Å². The van der Waals surface area contributed by atoms with Crippen LogP contribution in [0.3, 0.4) is 0 Å². The summed E-state index contributed by atoms with van der Waals surface area (Å²) in [6.45, 7) is 3.68. The summed E-state index contributed by atoms with van der Waals surface area (Å²) in [4.78, 5) is 0. The highest BCUT2D eigenvalue weighted by Gasteiger charge is 2.26. The average molecular weight is 205 g/mol. The Labute approximate surface area is 91.1 Å². The van der Waals surface area contributed by atoms with Crippen LogP contribution < -0.4 is 5.73 Å². The molecule has 1 unspecified atom stereocenters. The zero-order valence-corrected chi connectivity index (χ0v) is 9.40. The van der Waals surface area contributed by atoms with Gasteiger partial charge < -0.3 is 10.8 Å². The number of nitrogens with two attached hydrogens (primary N) is 1. The molecule has 0 spiro atoms. The monoisotopic (exact) mass is 205 g/mol. The van der Waals surface area contributed by atoms with E-state index >= 15 is 0 Å². The summed E-state index contributed by atoms with van der Waals surface area (Å²) < 4.78 is 0. The van der Waals surface area contributed by atoms with Crippen LogP contribution in [0.4, 0.5) is 0 Å². The molecule has 0 aliphatic heterocycles. The minimum absolute atomic E-state index is 0.582. The molecule has 3 N–H and O–H groups in total. The van der Waals surface area contributed by atoms with E-state index in [4.69, 9.17) is 5.73 Å². The molecule has 1 aromatic carbocycles. The van der Waals surface area contributed by atoms with E-state index in [1.165, 1.54) is 18.4 Å². The summed E-state index contributed by atoms with van der Waals surface area (Å²) in [7, 11) is 0. The summed E-state index contributed by atoms with van der Waals surface area (Å²) in [6.07, 6.45) is 2.03. The van der Waals surface area contributed by atoms with Crippen molar-refractivity contribution in [2.24, 2.45) is 5.73 Å². The molecule has 0 saturated heterocycles. The topological polar surface area (TPSA) is 46.2 Å². The molecule has 1 aromatic rings. The smallest absolute Gasteiger partial charge is 0.0963 e. The Balaban J connectivity index is 2.15. The lowest BCUT2D eigenvalue weighted by molar-refractivity contribution is 0.104. The third-order valence-electron chi connectivity index (χ3n) is 3.01. The molecule has 1 aliphatic carbocycles. The van der Waals surface area contributed by atoms with Gasteiger partial charge in [-0.3, -0.25) is 0 Å². The van der Waals surface area contributed by atoms with E-state index in [1.54, 1.807) is 0 Å². The number of hydrogen-bond acceptors (Lipinski definition) is 2. The van der Waals surface area contributed by atoms with Gasteiger partial charge >= 0.3 is 0 Å². The molecule has 0 radical (unpaired) electrons. The molecule has 0 aromatic heterocycles. The highest BCUT2D eigenvalue weighted by molar-refractivity contribution is 5.30. The molecule has 1 saturated carbocycles. The average Bonchev–Trinajstić information content (AvgIpc) is 2.99. The number of rotatable bonds is 3. The summed E-state index contributed by atoms with van der Waals surface area (Å²) >= 11 is 0. The Morgan fingerprint density at radius 2 is 1.80 bits per heavy atom. The van der Waals surface area contributed by atoms with Crippen LogP contribution >= 0.6 is 0 Å². The van der Waals surface area contributed by atoms with Crippen molar-refractivity contribution < 1.29 is 5.11 Å². The normalized spacial score (nSPS) is 18.9. The van der Waals surface area contributed by atoms with Crippen LogP contribution in [0.25, 0.3) is 0 Å². The van der Waals surface area contributed by atoms with Crippen LogP contribution in [-0.4, -0.2) is 10.6 Å². The molecule has 2 heteroatoms. The van der Waals surface area contributed by atoms with Crippen molar-refractivity contribution in [3.05, 3.63) is 35.4 Å². The Bertz CT molecular complexity index is 333. The lowest BCUT2D eigenvalue weighted by atomic mass is 9.92. The first-order valence-electron chi connectivity index (χ1n) is 5.55. The Morgan fingerprint density at radius 3 is 2.20 bits per heavy atom. The lowest BCUT2D eigenvalue weighted by Gasteiger charge is -2.26. The van der Waals surface area contributed by atoms with Gasteiger partial charge in [0.05, 0.1) is 6.10 Å². The van der Waals surface area contributed by atoms with E-state index in [-0.39, 0.29) is 0 Å². The standard InChI is InChI=1S/C13H19NO/c1-13(2,14)12(15)11-7-5-10(6-8-11)9-3-4-9/h5-9,12,15H,3-4,14H2,1-2H3. The first-order chi connectivity index (χ1) is 6.98. The molecule has 15 heavy (non-hydrogen) atoms. The van der Waals surface area contributed by atoms with Crippen molar-refractivity contribution in [1.29, 1.82) is 0 Å². The molecule has 2 nitrogen and oxygen atoms in total. The largest absolute Gasteiger partial charge is 0.387 e. The quantitative estimate of drug-likeness (QED) is 0.795. The lowest BCUT2D eigenvalue weighted by Crippen LogP contribution is -2.39. The van der Waals surface area contributed by atoms with Gasteiger partial charge in [-0.15, -0.1) is 0 Å². The molecule has 0 amide bonds. The van der Waals surface area contributed by atoms with E-state index in [2.05, 4.69) is 12.1 Å². The third kappa shape index (κ3) is 2.39. The maximum atomic E-state index is 9.98. The van der Waals surface area contributed by atoms with Crippen molar-refractivity contribution >= 4 is 0 Å². The Kier molecular flexibility index (Phi) is 2.57. The van der Waals surface area contributed by atoms with Gasteiger partial charge in [-0.2, -0.15) is 0 Å². The van der Waals surface area contributed by atoms with Crippen LogP contribution in [0.1, 0.15) is 49.8 Å². The number of aliphatic hydroxyl groups excluding tert-OH is 1. The fourth-order valence-electron chi connectivity index (χ4n) is 1.80. The van der Waals surface area contributed by atoms with E-state index in [0.717, 1.165) is 11.5 Å². The number of benzene rings is 1. The van der Waals surface area contributed by atoms with Crippen molar-refractivity contribution in [3.8, 4) is 0 Å². The number of aliphatic hydroxyl groups is 1. The second kappa shape index (κ2) is 3.62. The summed E-state index contributed by atoms with van der Waals surface area (Å²) in [5, 5.41) is 9.98. The maximum Gasteiger partial charge on any atom is 0.0963 e. The zero-order valence-electron chi connectivity index (χ0n) is 9.40. The van der Waals surface area contributed by atoms with E-state index in [1.807, 2.05) is 26.0 Å². The van der Waals surface area contributed by atoms with Gasteiger partial charge in [0, 0.05) is 5.54 Å². The zero-order chi connectivity index (χ0) is 11.1. The fourth-order valence-corrected chi connectivity index (χ4v) is 1.80. The third-order valence-corrected chi connectivity index (χ3v) is 3.01. The van der Waals surface area contributed by atoms with Gasteiger partial charge in [-0.05, 0) is 43.7 Å². The van der Waals surface area contributed by atoms with E-state index < -0.39 is 11.6 Å². The highest BCUT2D eigenvalue weighted by Crippen LogP contribution is 2.40. The predicted molar refractivity (Wildman–Crippen MR) is 61.6 cm³/mol. The van der Waals surface area contributed by atoms with Crippen LogP contribution in [0.15, 0.2) is 24.3 Å². The highest BCUT2D eigenvalue weighted by atomic mass is 16.3. The molecule has 1 atom stereocenters. The minimum atomic E-state index is -0.592. The summed E-state index contributed by atoms with van der Waals surface area (Å²) in [5.41, 5.74) is 7.59. The molecule has 82 valence electrons. The number of hydrogen-bond donors (Lipinski definition) is 2. The van der Waals surface area contributed by atoms with Crippen molar-refractivity contribution in [1.82, 2.24) is 0 Å². The van der Waals surface area contributed by atoms with E-state index in [0.29, 0.717) is 0 Å². The first kappa shape index (κ1) is 10.7. The molecular weight excluding hydrogens is 186 g/mol. The molecule has 2 rings (SSSR count). The van der Waals surface area contributed by atoms with Gasteiger partial charge in [-0.1, -0.05) is 24.3 Å². The van der Waals surface area contributed by atoms with Crippen LogP contribution in [-0.2, 0) is 0 Å². The van der Waals surface area contributed by atoms with Crippen molar-refractivity contribution in [3.63, 3.8) is 0 Å². The first-order valence-corrected chi connectivity index (χ1v) is 5.55. The fraction of sp³-hybridized carbons (Fsp3) is 0.538. The predicted octanol–water partition coefficient (Wildman–Crippen LogP) is 2.33. The summed E-state index contributed by atoms with van der Waals surface area (Å²) in [6, 6.07) is 8.21. The van der Waals surface area contributed by atoms with E-state index in [9.17, 15) is 5.11 Å². The van der Waals surface area contributed by atoms with Gasteiger partial charge in [0.1, 0.15) is 0 Å². The Morgan fingerprint density at radius 1 is 1.27 bits per heavy atom. The van der Waals surface area contributed by atoms with Gasteiger partial charge in [0.25, 0.3) is 0 Å². The van der Waals surface area contributed by atoms with Gasteiger partial charge in [0.15, 0.2) is 0 Å². The minimum Gasteiger partial charge on any atom is -0.387 e. The van der Waals surface area contributed by atoms with Crippen LogP contribution in [0, 0.1) is 0 Å². The van der Waals surface area contributed by atoms with Crippen LogP contribution in [0.2, 0.25) is 0 Å². The Hall–Kier alpha value is -0.860. The van der Waals surface area contributed by atoms with Gasteiger partial charge in [-0.25, -0.2) is 0 Å². The van der Waals surface area contributed by atoms with Crippen LogP contribution in [0.5, 0.6) is 0 Å².